The topological polar surface area (TPSA) is 97.1 Å². The summed E-state index contributed by atoms with van der Waals surface area (Å²) in [6.45, 7) is 0. The molecule has 0 spiro atoms. The molecule has 0 fully saturated rings. The van der Waals surface area contributed by atoms with Crippen molar-refractivity contribution < 1.29 is 8.42 Å². The summed E-state index contributed by atoms with van der Waals surface area (Å²) in [5, 5.41) is 0.583. The molecule has 6 nitrogen and oxygen atoms in total. The Hall–Kier alpha value is -1.54. The molecule has 0 aliphatic heterocycles. The number of hydrogen-bond donors (Lipinski definition) is 3. The van der Waals surface area contributed by atoms with Crippen LogP contribution >= 0.6 is 23.2 Å². The highest BCUT2D eigenvalue weighted by molar-refractivity contribution is 7.92. The second kappa shape index (κ2) is 5.84. The van der Waals surface area contributed by atoms with Gasteiger partial charge in [-0.15, -0.1) is 0 Å². The maximum absolute atomic E-state index is 12.3. The molecular weight excluding hydrogens is 323 g/mol. The largest absolute Gasteiger partial charge is 0.323 e. The van der Waals surface area contributed by atoms with Crippen LogP contribution in [0.25, 0.3) is 0 Å². The summed E-state index contributed by atoms with van der Waals surface area (Å²) in [4.78, 5) is 3.67. The molecule has 0 saturated heterocycles. The van der Waals surface area contributed by atoms with Gasteiger partial charge in [0.25, 0.3) is 10.0 Å². The van der Waals surface area contributed by atoms with Crippen LogP contribution in [0.4, 0.5) is 11.4 Å². The van der Waals surface area contributed by atoms with E-state index >= 15 is 0 Å². The van der Waals surface area contributed by atoms with E-state index in [1.54, 1.807) is 6.07 Å². The van der Waals surface area contributed by atoms with E-state index in [0.29, 0.717) is 5.02 Å². The number of nitrogens with one attached hydrogen (secondary N) is 2. The number of nitrogens with zero attached hydrogens (tertiary/aromatic N) is 1. The molecule has 9 heteroatoms. The van der Waals surface area contributed by atoms with Crippen molar-refractivity contribution >= 4 is 44.6 Å². The van der Waals surface area contributed by atoms with Crippen molar-refractivity contribution in [2.24, 2.45) is 5.84 Å². The van der Waals surface area contributed by atoms with Crippen LogP contribution in [0.5, 0.6) is 0 Å². The van der Waals surface area contributed by atoms with Gasteiger partial charge >= 0.3 is 0 Å². The number of hydrogen-bond acceptors (Lipinski definition) is 5. The van der Waals surface area contributed by atoms with Crippen LogP contribution in [0.15, 0.2) is 41.6 Å². The van der Waals surface area contributed by atoms with Crippen LogP contribution in [-0.4, -0.2) is 13.4 Å². The number of nitrogen functional groups attached to an aromatic ring is 1. The number of hydrazine groups is 1. The smallest absolute Gasteiger partial charge is 0.265 e. The minimum Gasteiger partial charge on any atom is -0.323 e. The highest BCUT2D eigenvalue weighted by atomic mass is 35.5. The zero-order chi connectivity index (χ0) is 14.8. The molecule has 0 amide bonds. The van der Waals surface area contributed by atoms with E-state index in [1.807, 2.05) is 0 Å². The molecule has 4 N–H and O–H groups in total. The van der Waals surface area contributed by atoms with Crippen LogP contribution in [0.1, 0.15) is 0 Å². The van der Waals surface area contributed by atoms with Crippen molar-refractivity contribution in [3.63, 3.8) is 0 Å². The van der Waals surface area contributed by atoms with Gasteiger partial charge < -0.3 is 5.43 Å². The van der Waals surface area contributed by atoms with Gasteiger partial charge in [0.15, 0.2) is 0 Å². The zero-order valence-corrected chi connectivity index (χ0v) is 12.3. The van der Waals surface area contributed by atoms with Crippen molar-refractivity contribution in [1.82, 2.24) is 4.98 Å². The van der Waals surface area contributed by atoms with Gasteiger partial charge in [0, 0.05) is 17.4 Å². The fourth-order valence-electron chi connectivity index (χ4n) is 1.49. The van der Waals surface area contributed by atoms with Crippen LogP contribution in [-0.2, 0) is 10.0 Å². The molecular formula is C11H10Cl2N4O2S. The van der Waals surface area contributed by atoms with Gasteiger partial charge in [0.2, 0.25) is 0 Å². The Morgan fingerprint density at radius 2 is 1.90 bits per heavy atom. The number of nitrogens with two attached hydrogens (primary N) is 1. The Labute approximate surface area is 125 Å². The first-order chi connectivity index (χ1) is 9.44. The molecule has 0 atom stereocenters. The Morgan fingerprint density at radius 1 is 1.15 bits per heavy atom. The Kier molecular flexibility index (Phi) is 4.34. The fraction of sp³-hybridized carbons (Fsp3) is 0. The Bertz CT molecular complexity index is 737. The van der Waals surface area contributed by atoms with Gasteiger partial charge in [0.1, 0.15) is 4.90 Å². The van der Waals surface area contributed by atoms with Crippen LogP contribution < -0.4 is 16.0 Å². The molecule has 2 aromatic rings. The van der Waals surface area contributed by atoms with E-state index < -0.39 is 10.0 Å². The van der Waals surface area contributed by atoms with E-state index in [4.69, 9.17) is 29.0 Å². The molecule has 0 aliphatic carbocycles. The third-order valence-corrected chi connectivity index (χ3v) is 4.36. The lowest BCUT2D eigenvalue weighted by atomic mass is 10.3. The van der Waals surface area contributed by atoms with Gasteiger partial charge in [-0.05, 0) is 24.3 Å². The summed E-state index contributed by atoms with van der Waals surface area (Å²) in [7, 11) is -3.89. The third-order valence-electron chi connectivity index (χ3n) is 2.40. The van der Waals surface area contributed by atoms with Gasteiger partial charge in [-0.2, -0.15) is 0 Å². The predicted molar refractivity (Wildman–Crippen MR) is 79.3 cm³/mol. The van der Waals surface area contributed by atoms with Crippen molar-refractivity contribution in [2.45, 2.75) is 4.90 Å². The van der Waals surface area contributed by atoms with Crippen molar-refractivity contribution in [2.75, 3.05) is 10.1 Å². The zero-order valence-electron chi connectivity index (χ0n) is 9.97. The van der Waals surface area contributed by atoms with Crippen LogP contribution in [0, 0.1) is 0 Å². The molecule has 0 radical (unpaired) electrons. The minimum atomic E-state index is -3.89. The molecule has 20 heavy (non-hydrogen) atoms. The first-order valence-corrected chi connectivity index (χ1v) is 7.56. The van der Waals surface area contributed by atoms with Gasteiger partial charge in [-0.25, -0.2) is 8.42 Å². The lowest BCUT2D eigenvalue weighted by Gasteiger charge is -2.12. The summed E-state index contributed by atoms with van der Waals surface area (Å²) in [5.41, 5.74) is 2.68. The average Bonchev–Trinajstić information content (AvgIpc) is 2.42. The van der Waals surface area contributed by atoms with Crippen LogP contribution in [0.2, 0.25) is 10.0 Å². The van der Waals surface area contributed by atoms with E-state index in [1.165, 1.54) is 30.6 Å². The molecule has 0 aliphatic rings. The quantitative estimate of drug-likeness (QED) is 0.590. The number of rotatable bonds is 4. The molecule has 0 unspecified atom stereocenters. The Balaban J connectivity index is 2.43. The average molecular weight is 333 g/mol. The summed E-state index contributed by atoms with van der Waals surface area (Å²) in [6, 6.07) is 5.90. The fourth-order valence-corrected chi connectivity index (χ4v) is 3.07. The maximum atomic E-state index is 12.3. The SMILES string of the molecule is NNc1ccncc1S(=O)(=O)Nc1cc(Cl)ccc1Cl. The normalized spacial score (nSPS) is 11.2. The van der Waals surface area contributed by atoms with Crippen LogP contribution in [0.3, 0.4) is 0 Å². The summed E-state index contributed by atoms with van der Waals surface area (Å²) in [5.74, 6) is 5.28. The molecule has 1 aromatic carbocycles. The third kappa shape index (κ3) is 3.13. The standard InChI is InChI=1S/C11H10Cl2N4O2S/c12-7-1-2-8(13)10(5-7)17-20(18,19)11-6-15-4-3-9(11)16-14/h1-6,17H,14H2,(H,15,16). The van der Waals surface area contributed by atoms with Crippen molar-refractivity contribution in [3.8, 4) is 0 Å². The maximum Gasteiger partial charge on any atom is 0.265 e. The monoisotopic (exact) mass is 332 g/mol. The molecule has 2 rings (SSSR count). The minimum absolute atomic E-state index is 0.0986. The molecule has 0 saturated carbocycles. The number of anilines is 2. The molecule has 1 aromatic heterocycles. The highest BCUT2D eigenvalue weighted by Gasteiger charge is 2.20. The van der Waals surface area contributed by atoms with E-state index in [2.05, 4.69) is 15.1 Å². The number of pyridine rings is 1. The second-order valence-electron chi connectivity index (χ2n) is 3.75. The molecule has 0 bridgehead atoms. The van der Waals surface area contributed by atoms with Crippen molar-refractivity contribution in [1.29, 1.82) is 0 Å². The van der Waals surface area contributed by atoms with Gasteiger partial charge in [-0.1, -0.05) is 23.2 Å². The summed E-state index contributed by atoms with van der Waals surface area (Å²) in [6.07, 6.45) is 2.59. The molecule has 106 valence electrons. The predicted octanol–water partition coefficient (Wildman–Crippen LogP) is 2.47. The van der Waals surface area contributed by atoms with E-state index in [0.717, 1.165) is 0 Å². The number of aromatic nitrogens is 1. The van der Waals surface area contributed by atoms with Gasteiger partial charge in [-0.3, -0.25) is 15.5 Å². The Morgan fingerprint density at radius 3 is 2.60 bits per heavy atom. The van der Waals surface area contributed by atoms with E-state index in [9.17, 15) is 8.42 Å². The highest BCUT2D eigenvalue weighted by Crippen LogP contribution is 2.29. The van der Waals surface area contributed by atoms with E-state index in [-0.39, 0.29) is 21.3 Å². The summed E-state index contributed by atoms with van der Waals surface area (Å²) < 4.78 is 26.9. The first kappa shape index (κ1) is 14.9. The second-order valence-corrected chi connectivity index (χ2v) is 6.24. The van der Waals surface area contributed by atoms with Crippen molar-refractivity contribution in [3.05, 3.63) is 46.7 Å². The number of halogens is 2. The lowest BCUT2D eigenvalue weighted by molar-refractivity contribution is 0.601. The first-order valence-electron chi connectivity index (χ1n) is 5.32. The number of sulfonamides is 1. The molecule has 1 heterocycles. The lowest BCUT2D eigenvalue weighted by Crippen LogP contribution is -2.18. The number of benzene rings is 1. The van der Waals surface area contributed by atoms with Gasteiger partial charge in [0.05, 0.1) is 16.4 Å². The summed E-state index contributed by atoms with van der Waals surface area (Å²) >= 11 is 11.7.